The number of phenols is 1. The van der Waals surface area contributed by atoms with Gasteiger partial charge in [-0.3, -0.25) is 28.5 Å². The molecule has 0 radical (unpaired) electrons. The number of hydrogen-bond acceptors (Lipinski definition) is 13. The molecule has 2 aliphatic heterocycles. The molecule has 3 aromatic rings. The Balaban J connectivity index is 0.981. The number of aryl methyl sites for hydroxylation is 1. The van der Waals surface area contributed by atoms with Gasteiger partial charge in [-0.25, -0.2) is 9.59 Å². The molecule has 1 unspecified atom stereocenters. The van der Waals surface area contributed by atoms with Crippen molar-refractivity contribution in [1.29, 1.82) is 0 Å². The number of carboxylic acid groups (broad SMARTS) is 1. The fourth-order valence-electron chi connectivity index (χ4n) is 6.33. The third kappa shape index (κ3) is 9.11. The molecule has 290 valence electrons. The number of unbranched alkanes of at least 4 members (excludes halogenated alkanes) is 3. The number of ether oxygens (including phenoxy) is 1. The third-order valence-corrected chi connectivity index (χ3v) is 10.1. The van der Waals surface area contributed by atoms with E-state index in [2.05, 4.69) is 10.3 Å². The number of hydrogen-bond donors (Lipinski definition) is 5. The van der Waals surface area contributed by atoms with Crippen molar-refractivity contribution < 1.29 is 52.6 Å². The molecule has 6 rings (SSSR count). The Labute approximate surface area is 311 Å². The highest BCUT2D eigenvalue weighted by molar-refractivity contribution is 7.45. The topological polar surface area (TPSA) is 260 Å². The Morgan fingerprint density at radius 3 is 2.58 bits per heavy atom. The maximum Gasteiger partial charge on any atom is 0.336 e. The predicted molar refractivity (Wildman–Crippen MR) is 194 cm³/mol. The molecular weight excluding hydrogens is 741 g/mol. The summed E-state index contributed by atoms with van der Waals surface area (Å²) in [5, 5.41) is 33.7. The predicted octanol–water partition coefficient (Wildman–Crippen LogP) is 3.27. The van der Waals surface area contributed by atoms with Crippen molar-refractivity contribution in [3.63, 3.8) is 0 Å². The van der Waals surface area contributed by atoms with Gasteiger partial charge in [-0.05, 0) is 67.8 Å². The summed E-state index contributed by atoms with van der Waals surface area (Å²) in [6.45, 7) is 1.06. The van der Waals surface area contributed by atoms with Gasteiger partial charge in [0.05, 0.1) is 24.9 Å². The zero-order chi connectivity index (χ0) is 39.4. The van der Waals surface area contributed by atoms with Crippen molar-refractivity contribution in [2.45, 2.75) is 57.5 Å². The Kier molecular flexibility index (Phi) is 11.8. The summed E-state index contributed by atoms with van der Waals surface area (Å²) in [4.78, 5) is 75.8. The Morgan fingerprint density at radius 1 is 1.02 bits per heavy atom. The average Bonchev–Trinajstić information content (AvgIpc) is 3.51. The molecule has 1 fully saturated rings. The van der Waals surface area contributed by atoms with E-state index in [4.69, 9.17) is 18.2 Å². The third-order valence-electron chi connectivity index (χ3n) is 9.12. The monoisotopic (exact) mass is 778 g/mol. The highest BCUT2D eigenvalue weighted by atomic mass is 31.2. The molecule has 4 atom stereocenters. The number of phosphoric acid groups is 1. The summed E-state index contributed by atoms with van der Waals surface area (Å²) >= 11 is 0. The molecule has 0 saturated carbocycles. The molecule has 3 aliphatic rings. The molecule has 1 aromatic heterocycles. The number of rotatable bonds is 15. The van der Waals surface area contributed by atoms with Crippen LogP contribution in [0.5, 0.6) is 5.75 Å². The van der Waals surface area contributed by atoms with E-state index in [1.807, 2.05) is 0 Å². The van der Waals surface area contributed by atoms with Crippen molar-refractivity contribution in [3.05, 3.63) is 109 Å². The summed E-state index contributed by atoms with van der Waals surface area (Å²) in [5.74, 6) is -1.61. The second-order valence-electron chi connectivity index (χ2n) is 13.0. The number of aliphatic hydroxyl groups excluding tert-OH is 1. The number of carbonyl (C=O) groups is 2. The van der Waals surface area contributed by atoms with E-state index in [-0.39, 0.29) is 64.3 Å². The summed E-state index contributed by atoms with van der Waals surface area (Å²) in [6, 6.07) is 12.6. The number of aromatic hydroxyl groups is 1. The van der Waals surface area contributed by atoms with Crippen molar-refractivity contribution >= 4 is 30.7 Å². The van der Waals surface area contributed by atoms with Gasteiger partial charge in [0.2, 0.25) is 0 Å². The second-order valence-corrected chi connectivity index (χ2v) is 14.4. The molecule has 55 heavy (non-hydrogen) atoms. The molecule has 2 aromatic carbocycles. The van der Waals surface area contributed by atoms with Gasteiger partial charge in [0.1, 0.15) is 29.4 Å². The number of H-pyrrole nitrogens is 1. The van der Waals surface area contributed by atoms with Gasteiger partial charge >= 0.3 is 11.7 Å². The highest BCUT2D eigenvalue weighted by Crippen LogP contribution is 2.43. The van der Waals surface area contributed by atoms with E-state index < -0.39 is 56.0 Å². The van der Waals surface area contributed by atoms with E-state index in [1.54, 1.807) is 6.07 Å². The van der Waals surface area contributed by atoms with Gasteiger partial charge in [-0.1, -0.05) is 12.8 Å². The van der Waals surface area contributed by atoms with Crippen LogP contribution in [-0.2, 0) is 18.3 Å². The second kappa shape index (κ2) is 16.5. The summed E-state index contributed by atoms with van der Waals surface area (Å²) in [5.41, 5.74) is 0.0146. The number of aromatic nitrogens is 2. The first-order valence-electron chi connectivity index (χ1n) is 17.3. The number of benzene rings is 3. The normalized spacial score (nSPS) is 18.1. The van der Waals surface area contributed by atoms with E-state index in [0.29, 0.717) is 42.2 Å². The SMILES string of the molecule is Cc1cn([C@H]2C[C@@H](O)[C@@H](COP(=O)([O-])OCCCCCCNC(=O)c3ccc(C(=O)O)c(-c4c5ccc(=O)cc-5oc5cc(O)ccc45)c3)O2)c(=O)[nH]c1=O. The van der Waals surface area contributed by atoms with Crippen molar-refractivity contribution in [2.24, 2.45) is 0 Å². The lowest BCUT2D eigenvalue weighted by Crippen LogP contribution is -2.33. The number of aromatic amines is 1. The lowest BCUT2D eigenvalue weighted by Gasteiger charge is -2.25. The van der Waals surface area contributed by atoms with Crippen LogP contribution >= 0.6 is 7.82 Å². The number of aromatic carboxylic acids is 1. The van der Waals surface area contributed by atoms with E-state index in [0.717, 1.165) is 4.57 Å². The Hall–Kier alpha value is -5.42. The summed E-state index contributed by atoms with van der Waals surface area (Å²) < 4.78 is 34.7. The molecular formula is C37H37N3O14P-. The number of amides is 1. The molecule has 17 nitrogen and oxygen atoms in total. The molecule has 0 bridgehead atoms. The largest absolute Gasteiger partial charge is 0.756 e. The van der Waals surface area contributed by atoms with Crippen LogP contribution in [0.25, 0.3) is 33.4 Å². The Bertz CT molecular complexity index is 2440. The van der Waals surface area contributed by atoms with Crippen LogP contribution in [0.4, 0.5) is 0 Å². The lowest BCUT2D eigenvalue weighted by atomic mass is 9.89. The maximum atomic E-state index is 13.2. The van der Waals surface area contributed by atoms with Crippen LogP contribution in [0.2, 0.25) is 0 Å². The van der Waals surface area contributed by atoms with Gasteiger partial charge in [-0.15, -0.1) is 0 Å². The highest BCUT2D eigenvalue weighted by Gasteiger charge is 2.36. The summed E-state index contributed by atoms with van der Waals surface area (Å²) in [6.07, 6.45) is 0.214. The smallest absolute Gasteiger partial charge is 0.336 e. The van der Waals surface area contributed by atoms with Crippen molar-refractivity contribution in [1.82, 2.24) is 14.9 Å². The first-order chi connectivity index (χ1) is 26.2. The zero-order valence-electron chi connectivity index (χ0n) is 29.4. The zero-order valence-corrected chi connectivity index (χ0v) is 30.3. The molecule has 18 heteroatoms. The molecule has 1 amide bonds. The lowest BCUT2D eigenvalue weighted by molar-refractivity contribution is -0.228. The number of carbonyl (C=O) groups excluding carboxylic acids is 1. The van der Waals surface area contributed by atoms with E-state index in [9.17, 15) is 48.8 Å². The standard InChI is InChI=1S/C37H38N3O14P/c1-20-18-40(37(48)39-34(20)44)32-17-28(43)31(54-32)19-52-55(49,50)51-13-5-3-2-4-12-38-35(45)21-6-9-24(36(46)47)27(14-21)33-25-10-7-22(41)15-29(25)53-30-16-23(42)8-11-26(30)33/h6-11,14-16,18,28,31-32,41,43H,2-5,12-13,17,19H2,1H3,(H,38,45)(H,46,47)(H,49,50)(H,39,44,48)/p-1/t28-,31-,32-/m1/s1. The minimum absolute atomic E-state index is 0.0287. The molecule has 1 aliphatic carbocycles. The molecule has 0 spiro atoms. The maximum absolute atomic E-state index is 13.2. The number of nitrogens with zero attached hydrogens (tertiary/aromatic N) is 1. The van der Waals surface area contributed by atoms with Gasteiger partial charge < -0.3 is 43.7 Å². The average molecular weight is 779 g/mol. The quantitative estimate of drug-likeness (QED) is 0.0581. The van der Waals surface area contributed by atoms with Gasteiger partial charge in [0.15, 0.2) is 5.43 Å². The number of phenolic OH excluding ortho intramolecular Hbond substituents is 1. The molecule has 1 saturated heterocycles. The van der Waals surface area contributed by atoms with Crippen molar-refractivity contribution in [3.8, 4) is 28.2 Å². The van der Waals surface area contributed by atoms with Gasteiger partial charge in [0.25, 0.3) is 19.3 Å². The van der Waals surface area contributed by atoms with Gasteiger partial charge in [-0.2, -0.15) is 0 Å². The Morgan fingerprint density at radius 2 is 1.80 bits per heavy atom. The summed E-state index contributed by atoms with van der Waals surface area (Å²) in [7, 11) is -4.75. The first kappa shape index (κ1) is 39.3. The van der Waals surface area contributed by atoms with Crippen LogP contribution in [0.1, 0.15) is 64.6 Å². The number of fused-ring (bicyclic) bond motifs is 2. The number of carboxylic acids is 1. The van der Waals surface area contributed by atoms with Crippen LogP contribution in [0, 0.1) is 6.92 Å². The van der Waals surface area contributed by atoms with Gasteiger partial charge in [0, 0.05) is 58.9 Å². The van der Waals surface area contributed by atoms with E-state index >= 15 is 0 Å². The van der Waals surface area contributed by atoms with Crippen LogP contribution in [0.15, 0.2) is 79.6 Å². The fourth-order valence-corrected chi connectivity index (χ4v) is 7.08. The molecule has 3 heterocycles. The van der Waals surface area contributed by atoms with Crippen LogP contribution in [0.3, 0.4) is 0 Å². The molecule has 5 N–H and O–H groups in total. The van der Waals surface area contributed by atoms with Crippen molar-refractivity contribution in [2.75, 3.05) is 19.8 Å². The first-order valence-corrected chi connectivity index (χ1v) is 18.8. The number of aliphatic hydroxyl groups is 1. The fraction of sp³-hybridized carbons (Fsp3) is 0.324. The minimum atomic E-state index is -4.75. The van der Waals surface area contributed by atoms with Crippen LogP contribution < -0.4 is 26.9 Å². The van der Waals surface area contributed by atoms with Crippen LogP contribution in [-0.4, -0.2) is 68.7 Å². The number of nitrogens with one attached hydrogen (secondary N) is 2. The van der Waals surface area contributed by atoms with E-state index in [1.165, 1.54) is 61.7 Å². The number of phosphoric ester groups is 1. The minimum Gasteiger partial charge on any atom is -0.756 e.